The molecule has 0 amide bonds. The Morgan fingerprint density at radius 2 is 0.615 bits per heavy atom. The first kappa shape index (κ1) is 30.1. The molecule has 0 N–H and O–H groups in total. The van der Waals surface area contributed by atoms with Crippen LogP contribution >= 0.6 is 0 Å². The molecule has 0 unspecified atom stereocenters. The van der Waals surface area contributed by atoms with E-state index in [1.165, 1.54) is 98.7 Å². The molecule has 0 heteroatoms. The standard InChI is InChI=1S/C52H34/c1-3-14-35(15-4-1)42-32-43(36-16-5-2-6-17-36)34-44(33-42)40-27-26-39-31-41(29-28-38(39)30-40)51-47-21-9-11-23-49(47)52(50-24-12-10-22-48(50)51)46-25-13-19-37-18-7-8-20-45(37)46/h1-34H. The molecule has 0 aliphatic carbocycles. The van der Waals surface area contributed by atoms with Crippen molar-refractivity contribution in [2.75, 3.05) is 0 Å². The summed E-state index contributed by atoms with van der Waals surface area (Å²) in [7, 11) is 0. The summed E-state index contributed by atoms with van der Waals surface area (Å²) in [6.45, 7) is 0. The molecule has 52 heavy (non-hydrogen) atoms. The van der Waals surface area contributed by atoms with Crippen molar-refractivity contribution in [2.24, 2.45) is 0 Å². The van der Waals surface area contributed by atoms with Crippen LogP contribution in [-0.4, -0.2) is 0 Å². The fourth-order valence-electron chi connectivity index (χ4n) is 8.14. The zero-order valence-corrected chi connectivity index (χ0v) is 28.6. The molecule has 0 spiro atoms. The number of hydrogen-bond donors (Lipinski definition) is 0. The molecule has 0 bridgehead atoms. The van der Waals surface area contributed by atoms with Gasteiger partial charge in [-0.25, -0.2) is 0 Å². The fraction of sp³-hybridized carbons (Fsp3) is 0. The zero-order chi connectivity index (χ0) is 34.4. The lowest BCUT2D eigenvalue weighted by molar-refractivity contribution is 1.57. The first-order valence-corrected chi connectivity index (χ1v) is 18.0. The predicted octanol–water partition coefficient (Wildman–Crippen LogP) is 14.6. The quantitative estimate of drug-likeness (QED) is 0.161. The van der Waals surface area contributed by atoms with Crippen molar-refractivity contribution < 1.29 is 0 Å². The van der Waals surface area contributed by atoms with Crippen LogP contribution in [0, 0.1) is 0 Å². The van der Waals surface area contributed by atoms with Crippen LogP contribution in [0.15, 0.2) is 206 Å². The van der Waals surface area contributed by atoms with Crippen molar-refractivity contribution >= 4 is 43.1 Å². The highest BCUT2D eigenvalue weighted by Crippen LogP contribution is 2.46. The van der Waals surface area contributed by atoms with Crippen molar-refractivity contribution in [1.82, 2.24) is 0 Å². The van der Waals surface area contributed by atoms with Crippen molar-refractivity contribution in [3.8, 4) is 55.6 Å². The van der Waals surface area contributed by atoms with E-state index in [9.17, 15) is 0 Å². The molecule has 242 valence electrons. The van der Waals surface area contributed by atoms with Gasteiger partial charge in [0.05, 0.1) is 0 Å². The lowest BCUT2D eigenvalue weighted by Gasteiger charge is -2.19. The van der Waals surface area contributed by atoms with Gasteiger partial charge in [0.2, 0.25) is 0 Å². The minimum absolute atomic E-state index is 1.21. The second-order valence-corrected chi connectivity index (χ2v) is 13.7. The Balaban J connectivity index is 1.13. The van der Waals surface area contributed by atoms with Gasteiger partial charge < -0.3 is 0 Å². The number of hydrogen-bond acceptors (Lipinski definition) is 0. The van der Waals surface area contributed by atoms with E-state index >= 15 is 0 Å². The van der Waals surface area contributed by atoms with Crippen molar-refractivity contribution in [3.05, 3.63) is 206 Å². The topological polar surface area (TPSA) is 0 Å². The van der Waals surface area contributed by atoms with Crippen molar-refractivity contribution in [1.29, 1.82) is 0 Å². The SMILES string of the molecule is c1ccc(-c2cc(-c3ccccc3)cc(-c3ccc4cc(-c5c6ccccc6c(-c6cccc7ccccc67)c6ccccc56)ccc4c3)c2)cc1. The van der Waals surface area contributed by atoms with E-state index in [1.807, 2.05) is 0 Å². The third-order valence-electron chi connectivity index (χ3n) is 10.6. The molecule has 10 aromatic rings. The Bertz CT molecular complexity index is 2820. The van der Waals surface area contributed by atoms with Gasteiger partial charge in [-0.15, -0.1) is 0 Å². The Hall–Kier alpha value is -6.76. The van der Waals surface area contributed by atoms with Crippen LogP contribution in [0.2, 0.25) is 0 Å². The minimum atomic E-state index is 1.21. The van der Waals surface area contributed by atoms with Gasteiger partial charge in [-0.1, -0.05) is 176 Å². The molecule has 0 nitrogen and oxygen atoms in total. The molecular formula is C52H34. The highest BCUT2D eigenvalue weighted by molar-refractivity contribution is 6.23. The van der Waals surface area contributed by atoms with E-state index in [1.54, 1.807) is 0 Å². The normalized spacial score (nSPS) is 11.5. The lowest BCUT2D eigenvalue weighted by atomic mass is 9.84. The van der Waals surface area contributed by atoms with Gasteiger partial charge in [0.15, 0.2) is 0 Å². The van der Waals surface area contributed by atoms with E-state index in [4.69, 9.17) is 0 Å². The number of benzene rings is 10. The van der Waals surface area contributed by atoms with Crippen LogP contribution in [0.25, 0.3) is 98.7 Å². The van der Waals surface area contributed by atoms with E-state index < -0.39 is 0 Å². The smallest absolute Gasteiger partial charge is 0.00201 e. The maximum absolute atomic E-state index is 2.38. The minimum Gasteiger partial charge on any atom is -0.0622 e. The first-order valence-electron chi connectivity index (χ1n) is 18.0. The van der Waals surface area contributed by atoms with Gasteiger partial charge in [-0.05, 0) is 129 Å². The van der Waals surface area contributed by atoms with Crippen LogP contribution in [-0.2, 0) is 0 Å². The molecule has 0 heterocycles. The van der Waals surface area contributed by atoms with Gasteiger partial charge >= 0.3 is 0 Å². The Morgan fingerprint density at radius 1 is 0.192 bits per heavy atom. The molecule has 0 fully saturated rings. The summed E-state index contributed by atoms with van der Waals surface area (Å²) in [5, 5.41) is 10.1. The Kier molecular flexibility index (Phi) is 7.25. The van der Waals surface area contributed by atoms with Crippen molar-refractivity contribution in [3.63, 3.8) is 0 Å². The third-order valence-corrected chi connectivity index (χ3v) is 10.6. The summed E-state index contributed by atoms with van der Waals surface area (Å²) >= 11 is 0. The Morgan fingerprint density at radius 3 is 1.19 bits per heavy atom. The van der Waals surface area contributed by atoms with Gasteiger partial charge in [-0.3, -0.25) is 0 Å². The van der Waals surface area contributed by atoms with E-state index in [-0.39, 0.29) is 0 Å². The molecule has 0 saturated carbocycles. The zero-order valence-electron chi connectivity index (χ0n) is 28.6. The summed E-state index contributed by atoms with van der Waals surface area (Å²) in [4.78, 5) is 0. The summed E-state index contributed by atoms with van der Waals surface area (Å²) in [5.74, 6) is 0. The molecule has 0 atom stereocenters. The van der Waals surface area contributed by atoms with Crippen LogP contribution in [0.5, 0.6) is 0 Å². The average molecular weight is 659 g/mol. The van der Waals surface area contributed by atoms with Gasteiger partial charge in [0.1, 0.15) is 0 Å². The maximum Gasteiger partial charge on any atom is -0.00201 e. The molecule has 0 aliphatic heterocycles. The average Bonchev–Trinajstić information content (AvgIpc) is 3.22. The van der Waals surface area contributed by atoms with Crippen LogP contribution < -0.4 is 0 Å². The number of rotatable bonds is 5. The third kappa shape index (κ3) is 5.16. The lowest BCUT2D eigenvalue weighted by Crippen LogP contribution is -1.91. The van der Waals surface area contributed by atoms with Gasteiger partial charge in [-0.2, -0.15) is 0 Å². The number of fused-ring (bicyclic) bond motifs is 4. The highest BCUT2D eigenvalue weighted by Gasteiger charge is 2.18. The molecule has 0 radical (unpaired) electrons. The molecule has 0 aliphatic rings. The predicted molar refractivity (Wildman–Crippen MR) is 224 cm³/mol. The maximum atomic E-state index is 2.38. The fourth-order valence-corrected chi connectivity index (χ4v) is 8.14. The van der Waals surface area contributed by atoms with E-state index in [0.717, 1.165) is 0 Å². The summed E-state index contributed by atoms with van der Waals surface area (Å²) in [5.41, 5.74) is 12.4. The molecule has 10 rings (SSSR count). The van der Waals surface area contributed by atoms with Crippen LogP contribution in [0.3, 0.4) is 0 Å². The Labute approximate surface area is 303 Å². The van der Waals surface area contributed by atoms with Gasteiger partial charge in [0, 0.05) is 0 Å². The summed E-state index contributed by atoms with van der Waals surface area (Å²) in [6.07, 6.45) is 0. The van der Waals surface area contributed by atoms with E-state index in [2.05, 4.69) is 206 Å². The largest absolute Gasteiger partial charge is 0.0622 e. The summed E-state index contributed by atoms with van der Waals surface area (Å²) < 4.78 is 0. The molecule has 10 aromatic carbocycles. The monoisotopic (exact) mass is 658 g/mol. The second-order valence-electron chi connectivity index (χ2n) is 13.7. The molecule has 0 aromatic heterocycles. The summed E-state index contributed by atoms with van der Waals surface area (Å²) in [6, 6.07) is 75.5. The highest BCUT2D eigenvalue weighted by atomic mass is 14.2. The van der Waals surface area contributed by atoms with Crippen molar-refractivity contribution in [2.45, 2.75) is 0 Å². The molecular weight excluding hydrogens is 625 g/mol. The molecule has 0 saturated heterocycles. The second kappa shape index (κ2) is 12.5. The van der Waals surface area contributed by atoms with E-state index in [0.29, 0.717) is 0 Å². The first-order chi connectivity index (χ1) is 25.8. The van der Waals surface area contributed by atoms with Gasteiger partial charge in [0.25, 0.3) is 0 Å². The van der Waals surface area contributed by atoms with Crippen LogP contribution in [0.4, 0.5) is 0 Å². The van der Waals surface area contributed by atoms with Crippen LogP contribution in [0.1, 0.15) is 0 Å².